The molecule has 0 aliphatic heterocycles. The van der Waals surface area contributed by atoms with Crippen LogP contribution in [0.15, 0.2) is 47.4 Å². The van der Waals surface area contributed by atoms with Gasteiger partial charge in [-0.3, -0.25) is 14.4 Å². The van der Waals surface area contributed by atoms with Crippen LogP contribution < -0.4 is 16.2 Å². The lowest BCUT2D eigenvalue weighted by atomic mass is 10.1. The molecule has 0 spiro atoms. The smallest absolute Gasteiger partial charge is 0.263 e. The van der Waals surface area contributed by atoms with Gasteiger partial charge in [0.2, 0.25) is 0 Å². The number of hydrogen-bond donors (Lipinski definition) is 2. The molecule has 1 aromatic carbocycles. The first-order valence-electron chi connectivity index (χ1n) is 8.31. The highest BCUT2D eigenvalue weighted by atomic mass is 16.2. The molecular weight excluding hydrogens is 318 g/mol. The SMILES string of the molecule is CNC(=O)c1cc(C(=O)NC2C[C@@H]2C)cn(Cc2ccccc2)c1=O. The molecule has 1 aliphatic carbocycles. The molecular formula is C19H21N3O3. The van der Waals surface area contributed by atoms with Gasteiger partial charge in [-0.1, -0.05) is 37.3 Å². The monoisotopic (exact) mass is 339 g/mol. The van der Waals surface area contributed by atoms with Crippen molar-refractivity contribution in [2.45, 2.75) is 25.9 Å². The van der Waals surface area contributed by atoms with Crippen molar-refractivity contribution in [3.8, 4) is 0 Å². The van der Waals surface area contributed by atoms with Gasteiger partial charge in [-0.25, -0.2) is 0 Å². The standard InChI is InChI=1S/C19H21N3O3/c1-12-8-16(12)21-17(23)14-9-15(18(24)20-2)19(25)22(11-14)10-13-6-4-3-5-7-13/h3-7,9,11-12,16H,8,10H2,1-2H3,(H,20,24)(H,21,23)/t12-,16?/m0/s1. The molecule has 0 radical (unpaired) electrons. The number of pyridine rings is 1. The Morgan fingerprint density at radius 1 is 1.20 bits per heavy atom. The number of benzene rings is 1. The largest absolute Gasteiger partial charge is 0.355 e. The molecule has 1 saturated carbocycles. The molecule has 6 heteroatoms. The van der Waals surface area contributed by atoms with Gasteiger partial charge in [-0.2, -0.15) is 0 Å². The van der Waals surface area contributed by atoms with Crippen molar-refractivity contribution in [3.63, 3.8) is 0 Å². The Morgan fingerprint density at radius 3 is 2.48 bits per heavy atom. The van der Waals surface area contributed by atoms with E-state index in [1.807, 2.05) is 30.3 Å². The Morgan fingerprint density at radius 2 is 1.88 bits per heavy atom. The van der Waals surface area contributed by atoms with Crippen LogP contribution >= 0.6 is 0 Å². The zero-order chi connectivity index (χ0) is 18.0. The normalized spacial score (nSPS) is 18.5. The summed E-state index contributed by atoms with van der Waals surface area (Å²) < 4.78 is 1.41. The minimum atomic E-state index is -0.499. The van der Waals surface area contributed by atoms with E-state index < -0.39 is 11.5 Å². The van der Waals surface area contributed by atoms with Gasteiger partial charge in [-0.05, 0) is 24.0 Å². The summed E-state index contributed by atoms with van der Waals surface area (Å²) in [5.41, 5.74) is 0.781. The summed E-state index contributed by atoms with van der Waals surface area (Å²) >= 11 is 0. The fourth-order valence-electron chi connectivity index (χ4n) is 2.73. The number of amides is 2. The Balaban J connectivity index is 1.97. The zero-order valence-corrected chi connectivity index (χ0v) is 14.3. The summed E-state index contributed by atoms with van der Waals surface area (Å²) in [4.78, 5) is 37.1. The van der Waals surface area contributed by atoms with Crippen LogP contribution in [-0.4, -0.2) is 29.5 Å². The first-order valence-corrected chi connectivity index (χ1v) is 8.31. The molecule has 0 saturated heterocycles. The summed E-state index contributed by atoms with van der Waals surface area (Å²) in [5, 5.41) is 5.38. The third kappa shape index (κ3) is 3.79. The van der Waals surface area contributed by atoms with Gasteiger partial charge < -0.3 is 15.2 Å². The second-order valence-corrected chi connectivity index (χ2v) is 6.43. The molecule has 2 N–H and O–H groups in total. The number of carbonyl (C=O) groups is 2. The van der Waals surface area contributed by atoms with Gasteiger partial charge in [0, 0.05) is 19.3 Å². The number of rotatable bonds is 5. The number of carbonyl (C=O) groups excluding carboxylic acids is 2. The summed E-state index contributed by atoms with van der Waals surface area (Å²) in [6.45, 7) is 2.36. The van der Waals surface area contributed by atoms with Crippen molar-refractivity contribution in [1.82, 2.24) is 15.2 Å². The minimum absolute atomic E-state index is 0.0325. The van der Waals surface area contributed by atoms with E-state index in [2.05, 4.69) is 17.6 Å². The second kappa shape index (κ2) is 6.93. The van der Waals surface area contributed by atoms with Gasteiger partial charge in [0.15, 0.2) is 0 Å². The molecule has 25 heavy (non-hydrogen) atoms. The van der Waals surface area contributed by atoms with Crippen molar-refractivity contribution in [2.75, 3.05) is 7.05 Å². The van der Waals surface area contributed by atoms with Crippen molar-refractivity contribution < 1.29 is 9.59 Å². The highest BCUT2D eigenvalue weighted by Crippen LogP contribution is 2.29. The Bertz CT molecular complexity index is 858. The first-order chi connectivity index (χ1) is 12.0. The van der Waals surface area contributed by atoms with E-state index in [0.29, 0.717) is 18.0 Å². The van der Waals surface area contributed by atoms with Gasteiger partial charge in [0.25, 0.3) is 17.4 Å². The first kappa shape index (κ1) is 17.0. The molecule has 3 rings (SSSR count). The number of nitrogens with one attached hydrogen (secondary N) is 2. The number of aromatic nitrogens is 1. The maximum Gasteiger partial charge on any atom is 0.263 e. The Labute approximate surface area is 145 Å². The average Bonchev–Trinajstić information content (AvgIpc) is 3.31. The quantitative estimate of drug-likeness (QED) is 0.864. The topological polar surface area (TPSA) is 80.2 Å². The van der Waals surface area contributed by atoms with Crippen LogP contribution in [0.1, 0.15) is 39.6 Å². The van der Waals surface area contributed by atoms with E-state index in [0.717, 1.165) is 12.0 Å². The van der Waals surface area contributed by atoms with Gasteiger partial charge >= 0.3 is 0 Å². The molecule has 2 atom stereocenters. The van der Waals surface area contributed by atoms with E-state index in [1.165, 1.54) is 23.9 Å². The molecule has 1 aliphatic rings. The molecule has 2 amide bonds. The summed E-state index contributed by atoms with van der Waals surface area (Å²) in [6.07, 6.45) is 2.47. The van der Waals surface area contributed by atoms with E-state index in [-0.39, 0.29) is 17.5 Å². The Hall–Kier alpha value is -2.89. The third-order valence-electron chi connectivity index (χ3n) is 4.44. The Kier molecular flexibility index (Phi) is 4.70. The second-order valence-electron chi connectivity index (χ2n) is 6.43. The highest BCUT2D eigenvalue weighted by molar-refractivity contribution is 5.99. The summed E-state index contributed by atoms with van der Waals surface area (Å²) in [7, 11) is 1.46. The third-order valence-corrected chi connectivity index (χ3v) is 4.44. The lowest BCUT2D eigenvalue weighted by molar-refractivity contribution is 0.0948. The van der Waals surface area contributed by atoms with Crippen LogP contribution in [0.5, 0.6) is 0 Å². The van der Waals surface area contributed by atoms with E-state index in [4.69, 9.17) is 0 Å². The molecule has 0 bridgehead atoms. The van der Waals surface area contributed by atoms with Gasteiger partial charge in [0.05, 0.1) is 12.1 Å². The predicted octanol–water partition coefficient (Wildman–Crippen LogP) is 1.39. The number of hydrogen-bond acceptors (Lipinski definition) is 3. The van der Waals surface area contributed by atoms with Crippen LogP contribution in [0.3, 0.4) is 0 Å². The fourth-order valence-corrected chi connectivity index (χ4v) is 2.73. The lowest BCUT2D eigenvalue weighted by Gasteiger charge is -2.12. The van der Waals surface area contributed by atoms with E-state index in [9.17, 15) is 14.4 Å². The van der Waals surface area contributed by atoms with Crippen LogP contribution in [0, 0.1) is 5.92 Å². The molecule has 6 nitrogen and oxygen atoms in total. The van der Waals surface area contributed by atoms with Crippen molar-refractivity contribution in [1.29, 1.82) is 0 Å². The van der Waals surface area contributed by atoms with Crippen LogP contribution in [0.4, 0.5) is 0 Å². The molecule has 1 heterocycles. The predicted molar refractivity (Wildman–Crippen MR) is 94.7 cm³/mol. The molecule has 1 aromatic heterocycles. The van der Waals surface area contributed by atoms with E-state index >= 15 is 0 Å². The van der Waals surface area contributed by atoms with Crippen LogP contribution in [-0.2, 0) is 6.54 Å². The zero-order valence-electron chi connectivity index (χ0n) is 14.3. The summed E-state index contributed by atoms with van der Waals surface area (Å²) in [6, 6.07) is 11.0. The van der Waals surface area contributed by atoms with E-state index in [1.54, 1.807) is 0 Å². The van der Waals surface area contributed by atoms with Gasteiger partial charge in [0.1, 0.15) is 5.56 Å². The van der Waals surface area contributed by atoms with Crippen LogP contribution in [0.2, 0.25) is 0 Å². The van der Waals surface area contributed by atoms with Crippen molar-refractivity contribution in [2.24, 2.45) is 5.92 Å². The highest BCUT2D eigenvalue weighted by Gasteiger charge is 2.34. The molecule has 1 fully saturated rings. The van der Waals surface area contributed by atoms with Crippen molar-refractivity contribution in [3.05, 3.63) is 69.6 Å². The lowest BCUT2D eigenvalue weighted by Crippen LogP contribution is -2.34. The average molecular weight is 339 g/mol. The fraction of sp³-hybridized carbons (Fsp3) is 0.316. The minimum Gasteiger partial charge on any atom is -0.355 e. The van der Waals surface area contributed by atoms with Gasteiger partial charge in [-0.15, -0.1) is 0 Å². The molecule has 1 unspecified atom stereocenters. The van der Waals surface area contributed by atoms with Crippen molar-refractivity contribution >= 4 is 11.8 Å². The molecule has 2 aromatic rings. The maximum absolute atomic E-state index is 12.6. The maximum atomic E-state index is 12.6. The van der Waals surface area contributed by atoms with Crippen LogP contribution in [0.25, 0.3) is 0 Å². The number of nitrogens with zero attached hydrogens (tertiary/aromatic N) is 1. The summed E-state index contributed by atoms with van der Waals surface area (Å²) in [5.74, 6) is -0.292. The molecule has 130 valence electrons.